The van der Waals surface area contributed by atoms with E-state index in [1.807, 2.05) is 60.7 Å². The summed E-state index contributed by atoms with van der Waals surface area (Å²) < 4.78 is 5.69. The molecule has 0 radical (unpaired) electrons. The topological polar surface area (TPSA) is 82.6 Å². The van der Waals surface area contributed by atoms with Crippen molar-refractivity contribution in [3.8, 4) is 11.3 Å². The number of hydrogen-bond donors (Lipinski definition) is 2. The Morgan fingerprint density at radius 3 is 2.38 bits per heavy atom. The van der Waals surface area contributed by atoms with Gasteiger partial charge in [-0.05, 0) is 23.3 Å². The third-order valence-electron chi connectivity index (χ3n) is 5.16. The standard InChI is InChI=1S/C23H22N2O4/c26-15-20-21(17-9-5-2-6-10-17)25(13-14-29-20)23(28)18-11-12-19(24-22(18)27)16-7-3-1-4-8-16/h1-12,20-21,26H,13-15H2,(H,24,27)/t20-,21-/m0/s1. The summed E-state index contributed by atoms with van der Waals surface area (Å²) in [6, 6.07) is 21.7. The second-order valence-electron chi connectivity index (χ2n) is 6.93. The van der Waals surface area contributed by atoms with Gasteiger partial charge in [-0.2, -0.15) is 0 Å². The van der Waals surface area contributed by atoms with Gasteiger partial charge >= 0.3 is 0 Å². The van der Waals surface area contributed by atoms with E-state index in [-0.39, 0.29) is 18.1 Å². The smallest absolute Gasteiger partial charge is 0.261 e. The van der Waals surface area contributed by atoms with Gasteiger partial charge in [-0.1, -0.05) is 60.7 Å². The number of hydrogen-bond acceptors (Lipinski definition) is 4. The van der Waals surface area contributed by atoms with Crippen LogP contribution in [0.1, 0.15) is 22.0 Å². The molecule has 1 aromatic heterocycles. The Morgan fingerprint density at radius 2 is 1.72 bits per heavy atom. The summed E-state index contributed by atoms with van der Waals surface area (Å²) in [5.41, 5.74) is 2.02. The third kappa shape index (κ3) is 3.85. The van der Waals surface area contributed by atoms with Crippen LogP contribution in [0.5, 0.6) is 0 Å². The number of aromatic nitrogens is 1. The molecule has 148 valence electrons. The first-order valence-corrected chi connectivity index (χ1v) is 9.56. The zero-order chi connectivity index (χ0) is 20.2. The Bertz CT molecular complexity index is 1030. The van der Waals surface area contributed by atoms with Crippen molar-refractivity contribution in [3.05, 3.63) is 94.3 Å². The Balaban J connectivity index is 1.68. The van der Waals surface area contributed by atoms with Crippen molar-refractivity contribution in [2.24, 2.45) is 0 Å². The van der Waals surface area contributed by atoms with Crippen molar-refractivity contribution < 1.29 is 14.6 Å². The third-order valence-corrected chi connectivity index (χ3v) is 5.16. The maximum Gasteiger partial charge on any atom is 0.261 e. The van der Waals surface area contributed by atoms with Gasteiger partial charge in [-0.3, -0.25) is 9.59 Å². The highest BCUT2D eigenvalue weighted by atomic mass is 16.5. The summed E-state index contributed by atoms with van der Waals surface area (Å²) >= 11 is 0. The molecule has 29 heavy (non-hydrogen) atoms. The lowest BCUT2D eigenvalue weighted by molar-refractivity contribution is -0.0811. The first-order valence-electron chi connectivity index (χ1n) is 9.56. The molecule has 0 unspecified atom stereocenters. The van der Waals surface area contributed by atoms with Crippen LogP contribution in [0.4, 0.5) is 0 Å². The fourth-order valence-electron chi connectivity index (χ4n) is 3.74. The average Bonchev–Trinajstić information content (AvgIpc) is 2.79. The van der Waals surface area contributed by atoms with Crippen molar-refractivity contribution >= 4 is 5.91 Å². The summed E-state index contributed by atoms with van der Waals surface area (Å²) in [5.74, 6) is -0.374. The number of nitrogens with one attached hydrogen (secondary N) is 1. The number of aromatic amines is 1. The number of carbonyl (C=O) groups is 1. The largest absolute Gasteiger partial charge is 0.394 e. The Kier molecular flexibility index (Phi) is 5.55. The van der Waals surface area contributed by atoms with Gasteiger partial charge in [-0.15, -0.1) is 0 Å². The monoisotopic (exact) mass is 390 g/mol. The molecule has 1 amide bonds. The SMILES string of the molecule is O=C(c1ccc(-c2ccccc2)[nH]c1=O)N1CCO[C@@H](CO)[C@@H]1c1ccccc1. The number of benzene rings is 2. The van der Waals surface area contributed by atoms with E-state index in [2.05, 4.69) is 4.98 Å². The second kappa shape index (κ2) is 8.43. The zero-order valence-electron chi connectivity index (χ0n) is 15.8. The number of aliphatic hydroxyl groups is 1. The molecule has 0 aliphatic carbocycles. The van der Waals surface area contributed by atoms with Crippen LogP contribution in [-0.4, -0.2) is 46.8 Å². The minimum Gasteiger partial charge on any atom is -0.394 e. The molecule has 1 aliphatic heterocycles. The number of H-pyrrole nitrogens is 1. The Hall–Kier alpha value is -3.22. The number of nitrogens with zero attached hydrogens (tertiary/aromatic N) is 1. The van der Waals surface area contributed by atoms with Gasteiger partial charge in [0.25, 0.3) is 11.5 Å². The maximum absolute atomic E-state index is 13.3. The first kappa shape index (κ1) is 19.1. The summed E-state index contributed by atoms with van der Waals surface area (Å²) in [7, 11) is 0. The van der Waals surface area contributed by atoms with E-state index in [0.717, 1.165) is 11.1 Å². The second-order valence-corrected chi connectivity index (χ2v) is 6.93. The van der Waals surface area contributed by atoms with E-state index in [1.165, 1.54) is 0 Å². The van der Waals surface area contributed by atoms with Gasteiger partial charge in [0.1, 0.15) is 11.7 Å². The molecule has 1 fully saturated rings. The lowest BCUT2D eigenvalue weighted by Gasteiger charge is -2.40. The van der Waals surface area contributed by atoms with Gasteiger partial charge in [0.05, 0.1) is 19.3 Å². The summed E-state index contributed by atoms with van der Waals surface area (Å²) in [6.07, 6.45) is -0.544. The highest BCUT2D eigenvalue weighted by molar-refractivity contribution is 5.94. The van der Waals surface area contributed by atoms with Gasteiger partial charge in [-0.25, -0.2) is 0 Å². The van der Waals surface area contributed by atoms with Crippen LogP contribution in [0, 0.1) is 0 Å². The van der Waals surface area contributed by atoms with Crippen LogP contribution < -0.4 is 5.56 Å². The summed E-state index contributed by atoms with van der Waals surface area (Å²) in [6.45, 7) is 0.432. The fraction of sp³-hybridized carbons (Fsp3) is 0.217. The fourth-order valence-corrected chi connectivity index (χ4v) is 3.74. The molecular weight excluding hydrogens is 368 g/mol. The van der Waals surface area contributed by atoms with Crippen LogP contribution in [0.15, 0.2) is 77.6 Å². The van der Waals surface area contributed by atoms with Crippen molar-refractivity contribution in [3.63, 3.8) is 0 Å². The molecule has 0 saturated carbocycles. The number of carbonyl (C=O) groups excluding carboxylic acids is 1. The molecule has 2 N–H and O–H groups in total. The summed E-state index contributed by atoms with van der Waals surface area (Å²) in [5, 5.41) is 9.78. The van der Waals surface area contributed by atoms with Gasteiger partial charge in [0.15, 0.2) is 0 Å². The number of amides is 1. The number of ether oxygens (including phenoxy) is 1. The van der Waals surface area contributed by atoms with Crippen LogP contribution in [0.2, 0.25) is 0 Å². The minimum atomic E-state index is -0.544. The molecule has 2 heterocycles. The molecular formula is C23H22N2O4. The van der Waals surface area contributed by atoms with Crippen LogP contribution in [0.25, 0.3) is 11.3 Å². The molecule has 2 atom stereocenters. The molecule has 2 aromatic carbocycles. The molecule has 6 nitrogen and oxygen atoms in total. The van der Waals surface area contributed by atoms with Crippen molar-refractivity contribution in [2.45, 2.75) is 12.1 Å². The summed E-state index contributed by atoms with van der Waals surface area (Å²) in [4.78, 5) is 30.4. The average molecular weight is 390 g/mol. The van der Waals surface area contributed by atoms with Gasteiger partial charge in [0, 0.05) is 12.2 Å². The van der Waals surface area contributed by atoms with Crippen LogP contribution >= 0.6 is 0 Å². The van der Waals surface area contributed by atoms with Gasteiger partial charge in [0.2, 0.25) is 0 Å². The molecule has 0 spiro atoms. The van der Waals surface area contributed by atoms with Crippen molar-refractivity contribution in [2.75, 3.05) is 19.8 Å². The predicted molar refractivity (Wildman–Crippen MR) is 110 cm³/mol. The normalized spacial score (nSPS) is 19.1. The van der Waals surface area contributed by atoms with E-state index >= 15 is 0 Å². The first-order chi connectivity index (χ1) is 14.2. The lowest BCUT2D eigenvalue weighted by atomic mass is 9.97. The zero-order valence-corrected chi connectivity index (χ0v) is 15.8. The molecule has 1 aliphatic rings. The highest BCUT2D eigenvalue weighted by Crippen LogP contribution is 2.30. The van der Waals surface area contributed by atoms with E-state index in [0.29, 0.717) is 18.8 Å². The number of rotatable bonds is 4. The number of pyridine rings is 1. The molecule has 0 bridgehead atoms. The molecule has 4 rings (SSSR count). The number of aliphatic hydroxyl groups excluding tert-OH is 1. The molecule has 3 aromatic rings. The lowest BCUT2D eigenvalue weighted by Crippen LogP contribution is -2.50. The maximum atomic E-state index is 13.3. The highest BCUT2D eigenvalue weighted by Gasteiger charge is 2.37. The predicted octanol–water partition coefficient (Wildman–Crippen LogP) is 2.62. The molecule has 6 heteroatoms. The van der Waals surface area contributed by atoms with Crippen molar-refractivity contribution in [1.29, 1.82) is 0 Å². The Labute approximate surface area is 168 Å². The van der Waals surface area contributed by atoms with Crippen LogP contribution in [-0.2, 0) is 4.74 Å². The van der Waals surface area contributed by atoms with E-state index < -0.39 is 17.7 Å². The van der Waals surface area contributed by atoms with Gasteiger partial charge < -0.3 is 19.7 Å². The van der Waals surface area contributed by atoms with E-state index in [1.54, 1.807) is 17.0 Å². The number of morpholine rings is 1. The quantitative estimate of drug-likeness (QED) is 0.717. The minimum absolute atomic E-state index is 0.0733. The van der Waals surface area contributed by atoms with E-state index in [9.17, 15) is 14.7 Å². The van der Waals surface area contributed by atoms with Crippen LogP contribution in [0.3, 0.4) is 0 Å². The van der Waals surface area contributed by atoms with E-state index in [4.69, 9.17) is 4.74 Å². The van der Waals surface area contributed by atoms with Crippen molar-refractivity contribution in [1.82, 2.24) is 9.88 Å². The Morgan fingerprint density at radius 1 is 1.03 bits per heavy atom. The molecule has 1 saturated heterocycles.